The van der Waals surface area contributed by atoms with E-state index in [2.05, 4.69) is 0 Å². The number of alkyl halides is 3. The van der Waals surface area contributed by atoms with Crippen LogP contribution in [0.4, 0.5) is 18.9 Å². The van der Waals surface area contributed by atoms with Crippen molar-refractivity contribution >= 4 is 17.5 Å². The van der Waals surface area contributed by atoms with Crippen molar-refractivity contribution < 1.29 is 32.2 Å². The van der Waals surface area contributed by atoms with E-state index in [0.29, 0.717) is 19.4 Å². The van der Waals surface area contributed by atoms with Crippen LogP contribution < -0.4 is 9.64 Å². The maximum absolute atomic E-state index is 14.2. The number of halogens is 3. The number of methoxy groups -OCH3 is 1. The molecule has 2 amide bonds. The third-order valence-corrected chi connectivity index (χ3v) is 6.79. The van der Waals surface area contributed by atoms with Gasteiger partial charge in [-0.3, -0.25) is 9.59 Å². The zero-order valence-electron chi connectivity index (χ0n) is 21.3. The Balaban J connectivity index is 2.10. The number of amides is 2. The topological polar surface area (TPSA) is 59.1 Å². The number of carbonyl (C=O) groups is 2. The van der Waals surface area contributed by atoms with Crippen LogP contribution in [0.1, 0.15) is 88.6 Å². The first-order valence-corrected chi connectivity index (χ1v) is 12.5. The van der Waals surface area contributed by atoms with Crippen molar-refractivity contribution in [2.45, 2.75) is 96.5 Å². The number of hydrogen-bond donors (Lipinski definition) is 0. The van der Waals surface area contributed by atoms with E-state index >= 15 is 0 Å². The van der Waals surface area contributed by atoms with Gasteiger partial charge in [-0.15, -0.1) is 0 Å². The first-order valence-electron chi connectivity index (χ1n) is 12.5. The molecule has 9 heteroatoms. The van der Waals surface area contributed by atoms with Crippen molar-refractivity contribution in [3.8, 4) is 5.75 Å². The lowest BCUT2D eigenvalue weighted by Gasteiger charge is -2.40. The molecule has 1 aromatic rings. The lowest BCUT2D eigenvalue weighted by atomic mass is 9.92. The lowest BCUT2D eigenvalue weighted by molar-refractivity contribution is -0.138. The Kier molecular flexibility index (Phi) is 8.40. The van der Waals surface area contributed by atoms with Gasteiger partial charge in [0, 0.05) is 32.3 Å². The van der Waals surface area contributed by atoms with Crippen molar-refractivity contribution in [2.24, 2.45) is 0 Å². The van der Waals surface area contributed by atoms with E-state index in [-0.39, 0.29) is 36.0 Å². The largest absolute Gasteiger partial charge is 0.476 e. The average molecular weight is 499 g/mol. The van der Waals surface area contributed by atoms with Gasteiger partial charge in [-0.1, -0.05) is 19.3 Å². The molecule has 1 heterocycles. The summed E-state index contributed by atoms with van der Waals surface area (Å²) >= 11 is 0. The van der Waals surface area contributed by atoms with E-state index < -0.39 is 28.8 Å². The van der Waals surface area contributed by atoms with E-state index in [1.165, 1.54) is 24.8 Å². The predicted octanol–water partition coefficient (Wildman–Crippen LogP) is 5.82. The summed E-state index contributed by atoms with van der Waals surface area (Å²) in [7, 11) is 1.58. The molecule has 1 aromatic carbocycles. The Morgan fingerprint density at radius 1 is 1.20 bits per heavy atom. The Morgan fingerprint density at radius 3 is 2.43 bits per heavy atom. The van der Waals surface area contributed by atoms with Gasteiger partial charge in [0.05, 0.1) is 16.8 Å². The summed E-state index contributed by atoms with van der Waals surface area (Å²) in [6.07, 6.45) is 1.04. The normalized spacial score (nSPS) is 18.4. The summed E-state index contributed by atoms with van der Waals surface area (Å²) in [5.74, 6) is -1.05. The van der Waals surface area contributed by atoms with Crippen LogP contribution in [0.3, 0.4) is 0 Å². The zero-order chi connectivity index (χ0) is 26.0. The van der Waals surface area contributed by atoms with E-state index in [0.717, 1.165) is 38.2 Å². The van der Waals surface area contributed by atoms with Crippen LogP contribution in [0.15, 0.2) is 12.1 Å². The number of benzene rings is 1. The fourth-order valence-electron chi connectivity index (χ4n) is 5.08. The molecule has 0 N–H and O–H groups in total. The van der Waals surface area contributed by atoms with Crippen molar-refractivity contribution in [1.29, 1.82) is 0 Å². The van der Waals surface area contributed by atoms with Gasteiger partial charge in [0.1, 0.15) is 5.75 Å². The smallest absolute Gasteiger partial charge is 0.417 e. The summed E-state index contributed by atoms with van der Waals surface area (Å²) < 4.78 is 53.5. The molecule has 3 rings (SSSR count). The van der Waals surface area contributed by atoms with Crippen LogP contribution in [0.5, 0.6) is 5.75 Å². The molecule has 196 valence electrons. The summed E-state index contributed by atoms with van der Waals surface area (Å²) in [5, 5.41) is 0. The van der Waals surface area contributed by atoms with Crippen molar-refractivity contribution in [3.63, 3.8) is 0 Å². The highest BCUT2D eigenvalue weighted by Gasteiger charge is 2.45. The standard InChI is InChI=1S/C26H37F3N2O4/c1-17(2)31(18-11-7-6-8-12-18)23(32)19-15-21-22(16-20(19)26(27,28)29)35-25(3,4)24(33)30(21)13-9-10-14-34-5/h15-18H,6-14H2,1-5H3. The van der Waals surface area contributed by atoms with Gasteiger partial charge in [0.25, 0.3) is 11.8 Å². The van der Waals surface area contributed by atoms with Crippen LogP contribution in [0.25, 0.3) is 0 Å². The zero-order valence-corrected chi connectivity index (χ0v) is 21.3. The van der Waals surface area contributed by atoms with Crippen LogP contribution >= 0.6 is 0 Å². The minimum absolute atomic E-state index is 0.0426. The Bertz CT molecular complexity index is 924. The molecule has 2 aliphatic rings. The van der Waals surface area contributed by atoms with Crippen LogP contribution in [0.2, 0.25) is 0 Å². The van der Waals surface area contributed by atoms with Crippen molar-refractivity contribution in [3.05, 3.63) is 23.3 Å². The van der Waals surface area contributed by atoms with Crippen LogP contribution in [0, 0.1) is 0 Å². The molecule has 1 aliphatic carbocycles. The highest BCUT2D eigenvalue weighted by molar-refractivity contribution is 6.05. The van der Waals surface area contributed by atoms with E-state index in [9.17, 15) is 22.8 Å². The molecule has 1 aliphatic heterocycles. The second-order valence-electron chi connectivity index (χ2n) is 10.2. The maximum atomic E-state index is 14.2. The molecule has 0 spiro atoms. The molecule has 0 saturated heterocycles. The Morgan fingerprint density at radius 2 is 1.86 bits per heavy atom. The maximum Gasteiger partial charge on any atom is 0.417 e. The molecule has 0 unspecified atom stereocenters. The minimum Gasteiger partial charge on any atom is -0.476 e. The number of carbonyl (C=O) groups excluding carboxylic acids is 2. The predicted molar refractivity (Wildman–Crippen MR) is 128 cm³/mol. The van der Waals surface area contributed by atoms with Crippen molar-refractivity contribution in [2.75, 3.05) is 25.2 Å². The van der Waals surface area contributed by atoms with Gasteiger partial charge in [-0.2, -0.15) is 13.2 Å². The first kappa shape index (κ1) is 27.3. The molecule has 35 heavy (non-hydrogen) atoms. The number of fused-ring (bicyclic) bond motifs is 1. The second-order valence-corrected chi connectivity index (χ2v) is 10.2. The Labute approximate surface area is 205 Å². The molecular weight excluding hydrogens is 461 g/mol. The van der Waals surface area contributed by atoms with Gasteiger partial charge in [-0.05, 0) is 65.5 Å². The summed E-state index contributed by atoms with van der Waals surface area (Å²) in [6.45, 7) is 7.53. The molecule has 1 fully saturated rings. The molecule has 0 aromatic heterocycles. The highest BCUT2D eigenvalue weighted by Crippen LogP contribution is 2.44. The molecule has 6 nitrogen and oxygen atoms in total. The summed E-state index contributed by atoms with van der Waals surface area (Å²) in [4.78, 5) is 29.9. The molecule has 0 bridgehead atoms. The molecule has 0 atom stereocenters. The quantitative estimate of drug-likeness (QED) is 0.424. The molecule has 1 saturated carbocycles. The van der Waals surface area contributed by atoms with Crippen molar-refractivity contribution in [1.82, 2.24) is 4.90 Å². The monoisotopic (exact) mass is 498 g/mol. The van der Waals surface area contributed by atoms with Gasteiger partial charge < -0.3 is 19.3 Å². The molecule has 0 radical (unpaired) electrons. The molecular formula is C26H37F3N2O4. The lowest BCUT2D eigenvalue weighted by Crippen LogP contribution is -2.53. The van der Waals surface area contributed by atoms with Gasteiger partial charge >= 0.3 is 6.18 Å². The second kappa shape index (κ2) is 10.8. The number of hydrogen-bond acceptors (Lipinski definition) is 4. The fourth-order valence-corrected chi connectivity index (χ4v) is 5.08. The highest BCUT2D eigenvalue weighted by atomic mass is 19.4. The van der Waals surface area contributed by atoms with E-state index in [4.69, 9.17) is 9.47 Å². The average Bonchev–Trinajstić information content (AvgIpc) is 2.78. The van der Waals surface area contributed by atoms with Gasteiger partial charge in [-0.25, -0.2) is 0 Å². The number of unbranched alkanes of at least 4 members (excludes halogenated alkanes) is 1. The van der Waals surface area contributed by atoms with E-state index in [1.807, 2.05) is 13.8 Å². The number of nitrogens with zero attached hydrogens (tertiary/aromatic N) is 2. The Hall–Kier alpha value is -2.29. The number of anilines is 1. The number of ether oxygens (including phenoxy) is 2. The SMILES string of the molecule is COCCCCN1C(=O)C(C)(C)Oc2cc(C(F)(F)F)c(C(=O)N(C(C)C)C3CCCCC3)cc21. The minimum atomic E-state index is -4.76. The van der Waals surface area contributed by atoms with Crippen LogP contribution in [-0.4, -0.2) is 54.7 Å². The summed E-state index contributed by atoms with van der Waals surface area (Å²) in [5.41, 5.74) is -2.59. The summed E-state index contributed by atoms with van der Waals surface area (Å²) in [6, 6.07) is 1.74. The fraction of sp³-hybridized carbons (Fsp3) is 0.692. The van der Waals surface area contributed by atoms with Gasteiger partial charge in [0.2, 0.25) is 0 Å². The third-order valence-electron chi connectivity index (χ3n) is 6.79. The van der Waals surface area contributed by atoms with E-state index in [1.54, 1.807) is 12.0 Å². The number of rotatable bonds is 8. The third kappa shape index (κ3) is 5.93. The first-order chi connectivity index (χ1) is 16.4. The van der Waals surface area contributed by atoms with Crippen LogP contribution in [-0.2, 0) is 15.7 Å². The van der Waals surface area contributed by atoms with Gasteiger partial charge in [0.15, 0.2) is 5.60 Å².